The Morgan fingerprint density at radius 1 is 1.05 bits per heavy atom. The van der Waals surface area contributed by atoms with E-state index in [1.54, 1.807) is 0 Å². The molecule has 0 unspecified atom stereocenters. The second-order valence-corrected chi connectivity index (χ2v) is 5.37. The van der Waals surface area contributed by atoms with E-state index in [0.29, 0.717) is 6.61 Å². The van der Waals surface area contributed by atoms with Crippen LogP contribution in [0.3, 0.4) is 0 Å². The molecule has 2 nitrogen and oxygen atoms in total. The molecule has 2 rings (SSSR count). The van der Waals surface area contributed by atoms with Crippen molar-refractivity contribution in [1.29, 1.82) is 0 Å². The molecule has 0 atom stereocenters. The van der Waals surface area contributed by atoms with Gasteiger partial charge >= 0.3 is 0 Å². The molecule has 0 aliphatic heterocycles. The predicted molar refractivity (Wildman–Crippen MR) is 88.8 cm³/mol. The first-order chi connectivity index (χ1) is 10.3. The molecular formula is C19H25NO. The number of hydrogen-bond donors (Lipinski definition) is 1. The Hall–Kier alpha value is -1.80. The van der Waals surface area contributed by atoms with Crippen LogP contribution < -0.4 is 10.1 Å². The maximum atomic E-state index is 5.99. The third-order valence-electron chi connectivity index (χ3n) is 3.45. The smallest absolute Gasteiger partial charge is 0.123 e. The standard InChI is InChI=1S/C19H25NO/c1-3-12-20-15-18-14-16(2)9-10-19(18)21-13-11-17-7-5-4-6-8-17/h4-10,14,20H,3,11-13,15H2,1-2H3. The number of nitrogens with one attached hydrogen (secondary N) is 1. The van der Waals surface area contributed by atoms with Crippen LogP contribution in [0.1, 0.15) is 30.0 Å². The third-order valence-corrected chi connectivity index (χ3v) is 3.45. The lowest BCUT2D eigenvalue weighted by Gasteiger charge is -2.13. The molecule has 2 aromatic rings. The average molecular weight is 283 g/mol. The molecule has 0 amide bonds. The third kappa shape index (κ3) is 5.24. The van der Waals surface area contributed by atoms with Crippen LogP contribution in [0.25, 0.3) is 0 Å². The van der Waals surface area contributed by atoms with Crippen LogP contribution >= 0.6 is 0 Å². The zero-order chi connectivity index (χ0) is 14.9. The van der Waals surface area contributed by atoms with Crippen molar-refractivity contribution in [2.45, 2.75) is 33.2 Å². The highest BCUT2D eigenvalue weighted by molar-refractivity contribution is 5.37. The summed E-state index contributed by atoms with van der Waals surface area (Å²) >= 11 is 0. The van der Waals surface area contributed by atoms with E-state index in [2.05, 4.69) is 61.6 Å². The number of rotatable bonds is 8. The Morgan fingerprint density at radius 2 is 1.86 bits per heavy atom. The zero-order valence-corrected chi connectivity index (χ0v) is 13.1. The first-order valence-corrected chi connectivity index (χ1v) is 7.76. The highest BCUT2D eigenvalue weighted by Crippen LogP contribution is 2.20. The summed E-state index contributed by atoms with van der Waals surface area (Å²) in [6, 6.07) is 16.9. The Labute approximate surface area is 128 Å². The van der Waals surface area contributed by atoms with Crippen molar-refractivity contribution in [2.75, 3.05) is 13.2 Å². The van der Waals surface area contributed by atoms with E-state index in [1.807, 2.05) is 6.07 Å². The number of ether oxygens (including phenoxy) is 1. The summed E-state index contributed by atoms with van der Waals surface area (Å²) in [4.78, 5) is 0. The lowest BCUT2D eigenvalue weighted by molar-refractivity contribution is 0.317. The van der Waals surface area contributed by atoms with E-state index in [4.69, 9.17) is 4.74 Å². The molecule has 2 heteroatoms. The molecule has 21 heavy (non-hydrogen) atoms. The molecule has 0 aliphatic rings. The van der Waals surface area contributed by atoms with Gasteiger partial charge in [0.15, 0.2) is 0 Å². The van der Waals surface area contributed by atoms with Gasteiger partial charge in [0.2, 0.25) is 0 Å². The van der Waals surface area contributed by atoms with E-state index >= 15 is 0 Å². The fourth-order valence-electron chi connectivity index (χ4n) is 2.31. The van der Waals surface area contributed by atoms with E-state index < -0.39 is 0 Å². The van der Waals surface area contributed by atoms with Gasteiger partial charge in [-0.2, -0.15) is 0 Å². The van der Waals surface area contributed by atoms with E-state index in [-0.39, 0.29) is 0 Å². The molecule has 0 bridgehead atoms. The molecule has 0 saturated heterocycles. The lowest BCUT2D eigenvalue weighted by Crippen LogP contribution is -2.15. The van der Waals surface area contributed by atoms with E-state index in [9.17, 15) is 0 Å². The van der Waals surface area contributed by atoms with Gasteiger partial charge in [0.25, 0.3) is 0 Å². The lowest BCUT2D eigenvalue weighted by atomic mass is 10.1. The molecule has 2 aromatic carbocycles. The number of aryl methyl sites for hydroxylation is 1. The topological polar surface area (TPSA) is 21.3 Å². The minimum atomic E-state index is 0.716. The summed E-state index contributed by atoms with van der Waals surface area (Å²) in [5.41, 5.74) is 3.84. The first-order valence-electron chi connectivity index (χ1n) is 7.76. The van der Waals surface area contributed by atoms with Gasteiger partial charge in [0, 0.05) is 18.5 Å². The zero-order valence-electron chi connectivity index (χ0n) is 13.1. The van der Waals surface area contributed by atoms with Crippen molar-refractivity contribution in [1.82, 2.24) is 5.32 Å². The Kier molecular flexibility index (Phi) is 6.29. The molecule has 0 fully saturated rings. The van der Waals surface area contributed by atoms with Crippen molar-refractivity contribution in [3.8, 4) is 5.75 Å². The summed E-state index contributed by atoms with van der Waals surface area (Å²) in [7, 11) is 0. The Morgan fingerprint density at radius 3 is 2.62 bits per heavy atom. The fraction of sp³-hybridized carbons (Fsp3) is 0.368. The maximum absolute atomic E-state index is 5.99. The molecule has 112 valence electrons. The highest BCUT2D eigenvalue weighted by Gasteiger charge is 2.04. The minimum Gasteiger partial charge on any atom is -0.493 e. The largest absolute Gasteiger partial charge is 0.493 e. The van der Waals surface area contributed by atoms with E-state index in [1.165, 1.54) is 16.7 Å². The molecule has 0 saturated carbocycles. The predicted octanol–water partition coefficient (Wildman–Crippen LogP) is 4.12. The summed E-state index contributed by atoms with van der Waals surface area (Å²) in [6.07, 6.45) is 2.09. The Balaban J connectivity index is 1.92. The molecule has 0 radical (unpaired) electrons. The highest BCUT2D eigenvalue weighted by atomic mass is 16.5. The van der Waals surface area contributed by atoms with Crippen molar-refractivity contribution >= 4 is 0 Å². The fourth-order valence-corrected chi connectivity index (χ4v) is 2.31. The van der Waals surface area contributed by atoms with Crippen LogP contribution in [0.2, 0.25) is 0 Å². The molecule has 1 N–H and O–H groups in total. The minimum absolute atomic E-state index is 0.716. The SMILES string of the molecule is CCCNCc1cc(C)ccc1OCCc1ccccc1. The second-order valence-electron chi connectivity index (χ2n) is 5.37. The number of hydrogen-bond acceptors (Lipinski definition) is 2. The summed E-state index contributed by atoms with van der Waals surface area (Å²) in [6.45, 7) is 6.93. The number of benzene rings is 2. The second kappa shape index (κ2) is 8.48. The Bertz CT molecular complexity index is 537. The van der Waals surface area contributed by atoms with Crippen LogP contribution in [-0.2, 0) is 13.0 Å². The molecular weight excluding hydrogens is 258 g/mol. The van der Waals surface area contributed by atoms with Crippen molar-refractivity contribution in [3.63, 3.8) is 0 Å². The van der Waals surface area contributed by atoms with Gasteiger partial charge in [0.05, 0.1) is 6.61 Å². The van der Waals surface area contributed by atoms with Crippen molar-refractivity contribution < 1.29 is 4.74 Å². The van der Waals surface area contributed by atoms with Crippen LogP contribution in [0.4, 0.5) is 0 Å². The van der Waals surface area contributed by atoms with Crippen LogP contribution in [0.5, 0.6) is 5.75 Å². The van der Waals surface area contributed by atoms with Gasteiger partial charge in [-0.3, -0.25) is 0 Å². The molecule has 0 aromatic heterocycles. The van der Waals surface area contributed by atoms with Crippen molar-refractivity contribution in [2.24, 2.45) is 0 Å². The van der Waals surface area contributed by atoms with Gasteiger partial charge in [-0.05, 0) is 31.5 Å². The molecule has 0 aliphatic carbocycles. The normalized spacial score (nSPS) is 10.6. The van der Waals surface area contributed by atoms with Crippen molar-refractivity contribution in [3.05, 3.63) is 65.2 Å². The van der Waals surface area contributed by atoms with Gasteiger partial charge in [-0.15, -0.1) is 0 Å². The quantitative estimate of drug-likeness (QED) is 0.736. The first kappa shape index (κ1) is 15.6. The van der Waals surface area contributed by atoms with E-state index in [0.717, 1.165) is 31.7 Å². The van der Waals surface area contributed by atoms with Gasteiger partial charge in [0.1, 0.15) is 5.75 Å². The molecule has 0 heterocycles. The monoisotopic (exact) mass is 283 g/mol. The average Bonchev–Trinajstić information content (AvgIpc) is 2.51. The van der Waals surface area contributed by atoms with Gasteiger partial charge in [-0.1, -0.05) is 55.0 Å². The van der Waals surface area contributed by atoms with Crippen LogP contribution in [-0.4, -0.2) is 13.2 Å². The summed E-state index contributed by atoms with van der Waals surface area (Å²) in [5.74, 6) is 1.00. The van der Waals surface area contributed by atoms with Gasteiger partial charge in [-0.25, -0.2) is 0 Å². The summed E-state index contributed by atoms with van der Waals surface area (Å²) < 4.78 is 5.99. The molecule has 0 spiro atoms. The van der Waals surface area contributed by atoms with Crippen LogP contribution in [0.15, 0.2) is 48.5 Å². The maximum Gasteiger partial charge on any atom is 0.123 e. The van der Waals surface area contributed by atoms with Gasteiger partial charge < -0.3 is 10.1 Å². The van der Waals surface area contributed by atoms with Crippen LogP contribution in [0, 0.1) is 6.92 Å². The summed E-state index contributed by atoms with van der Waals surface area (Å²) in [5, 5.41) is 3.45.